The minimum absolute atomic E-state index is 1.06. The van der Waals surface area contributed by atoms with Crippen LogP contribution in [0.3, 0.4) is 0 Å². The Hall–Kier alpha value is -1.37. The number of allylic oxidation sites excluding steroid dienone is 1. The van der Waals surface area contributed by atoms with Gasteiger partial charge in [-0.05, 0) is 26.3 Å². The van der Waals surface area contributed by atoms with Crippen molar-refractivity contribution in [1.29, 1.82) is 0 Å². The third-order valence-electron chi connectivity index (χ3n) is 1.85. The summed E-state index contributed by atoms with van der Waals surface area (Å²) in [5.41, 5.74) is 3.52. The van der Waals surface area contributed by atoms with Gasteiger partial charge in [-0.2, -0.15) is 0 Å². The Morgan fingerprint density at radius 3 is 2.77 bits per heavy atom. The van der Waals surface area contributed by atoms with Crippen LogP contribution in [0.4, 0.5) is 0 Å². The molecule has 0 fully saturated rings. The van der Waals surface area contributed by atoms with Gasteiger partial charge in [-0.1, -0.05) is 35.9 Å². The molecule has 0 amide bonds. The van der Waals surface area contributed by atoms with E-state index in [-0.39, 0.29) is 0 Å². The molecule has 0 saturated carbocycles. The van der Waals surface area contributed by atoms with E-state index >= 15 is 0 Å². The largest absolute Gasteiger partial charge is 0.261 e. The van der Waals surface area contributed by atoms with Gasteiger partial charge in [-0.15, -0.1) is 0 Å². The molecule has 0 heterocycles. The summed E-state index contributed by atoms with van der Waals surface area (Å²) in [5, 5.41) is 0. The summed E-state index contributed by atoms with van der Waals surface area (Å²) in [7, 11) is 0. The molecule has 1 nitrogen and oxygen atoms in total. The van der Waals surface area contributed by atoms with E-state index in [1.807, 2.05) is 26.1 Å². The zero-order valence-corrected chi connectivity index (χ0v) is 8.41. The third kappa shape index (κ3) is 2.86. The van der Waals surface area contributed by atoms with Crippen LogP contribution in [-0.4, -0.2) is 5.71 Å². The maximum atomic E-state index is 4.29. The van der Waals surface area contributed by atoms with Crippen LogP contribution in [0.15, 0.2) is 41.5 Å². The zero-order chi connectivity index (χ0) is 9.68. The number of rotatable bonds is 2. The van der Waals surface area contributed by atoms with Gasteiger partial charge in [0.1, 0.15) is 0 Å². The molecule has 13 heavy (non-hydrogen) atoms. The predicted octanol–water partition coefficient (Wildman–Crippen LogP) is 3.34. The first-order chi connectivity index (χ1) is 6.24. The van der Waals surface area contributed by atoms with E-state index in [1.54, 1.807) is 0 Å². The van der Waals surface area contributed by atoms with Gasteiger partial charge in [-0.25, -0.2) is 0 Å². The minimum atomic E-state index is 1.06. The van der Waals surface area contributed by atoms with Gasteiger partial charge in [0.2, 0.25) is 0 Å². The molecule has 0 atom stereocenters. The normalized spacial score (nSPS) is 12.4. The predicted molar refractivity (Wildman–Crippen MR) is 58.2 cm³/mol. The fourth-order valence-electron chi connectivity index (χ4n) is 1.13. The van der Waals surface area contributed by atoms with Gasteiger partial charge in [0.05, 0.1) is 0 Å². The van der Waals surface area contributed by atoms with E-state index in [9.17, 15) is 0 Å². The molecule has 1 aromatic carbocycles. The molecule has 1 rings (SSSR count). The summed E-state index contributed by atoms with van der Waals surface area (Å²) in [4.78, 5) is 4.29. The highest BCUT2D eigenvalue weighted by Crippen LogP contribution is 2.05. The van der Waals surface area contributed by atoms with Crippen molar-refractivity contribution >= 4 is 5.71 Å². The summed E-state index contributed by atoms with van der Waals surface area (Å²) in [6, 6.07) is 8.36. The molecule has 0 unspecified atom stereocenters. The molecule has 0 saturated heterocycles. The van der Waals surface area contributed by atoms with E-state index < -0.39 is 0 Å². The van der Waals surface area contributed by atoms with Crippen molar-refractivity contribution in [2.75, 3.05) is 0 Å². The average molecular weight is 173 g/mol. The lowest BCUT2D eigenvalue weighted by atomic mass is 10.1. The molecule has 1 heteroatoms. The molecule has 0 aliphatic heterocycles. The Morgan fingerprint density at radius 2 is 2.15 bits per heavy atom. The lowest BCUT2D eigenvalue weighted by Crippen LogP contribution is -1.93. The SMILES string of the molecule is C/C=C\N=C(/C)c1cccc(C)c1. The lowest BCUT2D eigenvalue weighted by Gasteiger charge is -1.99. The standard InChI is InChI=1S/C12H15N/c1-4-8-13-11(3)12-7-5-6-10(2)9-12/h4-9H,1-3H3/b8-4-,13-11+. The van der Waals surface area contributed by atoms with Crippen LogP contribution in [-0.2, 0) is 0 Å². The smallest absolute Gasteiger partial charge is 0.0444 e. The zero-order valence-electron chi connectivity index (χ0n) is 8.41. The minimum Gasteiger partial charge on any atom is -0.261 e. The third-order valence-corrected chi connectivity index (χ3v) is 1.85. The number of aliphatic imine (C=N–C) groups is 1. The van der Waals surface area contributed by atoms with Gasteiger partial charge >= 0.3 is 0 Å². The summed E-state index contributed by atoms with van der Waals surface area (Å²) in [6.45, 7) is 6.08. The Kier molecular flexibility index (Phi) is 3.44. The number of hydrogen-bond acceptors (Lipinski definition) is 1. The van der Waals surface area contributed by atoms with E-state index in [0.717, 1.165) is 5.71 Å². The number of hydrogen-bond donors (Lipinski definition) is 0. The van der Waals surface area contributed by atoms with Crippen LogP contribution in [0, 0.1) is 6.92 Å². The lowest BCUT2D eigenvalue weighted by molar-refractivity contribution is 1.42. The van der Waals surface area contributed by atoms with Crippen LogP contribution in [0.1, 0.15) is 25.0 Å². The van der Waals surface area contributed by atoms with E-state index in [2.05, 4.69) is 36.2 Å². The fraction of sp³-hybridized carbons (Fsp3) is 0.250. The fourth-order valence-corrected chi connectivity index (χ4v) is 1.13. The van der Waals surface area contributed by atoms with Crippen LogP contribution >= 0.6 is 0 Å². The van der Waals surface area contributed by atoms with Crippen LogP contribution in [0.2, 0.25) is 0 Å². The molecule has 0 spiro atoms. The Balaban J connectivity index is 2.94. The van der Waals surface area contributed by atoms with Crippen LogP contribution in [0.5, 0.6) is 0 Å². The monoisotopic (exact) mass is 173 g/mol. The first-order valence-electron chi connectivity index (χ1n) is 4.46. The van der Waals surface area contributed by atoms with Crippen molar-refractivity contribution in [2.24, 2.45) is 4.99 Å². The Morgan fingerprint density at radius 1 is 1.38 bits per heavy atom. The van der Waals surface area contributed by atoms with Gasteiger partial charge in [0.15, 0.2) is 0 Å². The highest BCUT2D eigenvalue weighted by molar-refractivity contribution is 5.99. The number of nitrogens with zero attached hydrogens (tertiary/aromatic N) is 1. The summed E-state index contributed by atoms with van der Waals surface area (Å²) >= 11 is 0. The first kappa shape index (κ1) is 9.72. The summed E-state index contributed by atoms with van der Waals surface area (Å²) < 4.78 is 0. The van der Waals surface area contributed by atoms with E-state index in [4.69, 9.17) is 0 Å². The molecule has 0 radical (unpaired) electrons. The summed E-state index contributed by atoms with van der Waals surface area (Å²) in [6.07, 6.45) is 3.75. The van der Waals surface area contributed by atoms with Gasteiger partial charge in [0, 0.05) is 11.9 Å². The number of benzene rings is 1. The maximum Gasteiger partial charge on any atom is 0.0444 e. The average Bonchev–Trinajstić information content (AvgIpc) is 2.14. The molecule has 0 aliphatic rings. The molecule has 68 valence electrons. The number of aryl methyl sites for hydroxylation is 1. The molecule has 0 N–H and O–H groups in total. The summed E-state index contributed by atoms with van der Waals surface area (Å²) in [5.74, 6) is 0. The van der Waals surface area contributed by atoms with Gasteiger partial charge < -0.3 is 0 Å². The molecule has 0 aromatic heterocycles. The maximum absolute atomic E-state index is 4.29. The molecular weight excluding hydrogens is 158 g/mol. The van der Waals surface area contributed by atoms with E-state index in [0.29, 0.717) is 0 Å². The highest BCUT2D eigenvalue weighted by Gasteiger charge is 1.94. The second-order valence-corrected chi connectivity index (χ2v) is 3.07. The first-order valence-corrected chi connectivity index (χ1v) is 4.46. The highest BCUT2D eigenvalue weighted by atomic mass is 14.7. The molecule has 0 bridgehead atoms. The molecule has 1 aromatic rings. The van der Waals surface area contributed by atoms with Gasteiger partial charge in [-0.3, -0.25) is 4.99 Å². The molecule has 0 aliphatic carbocycles. The molecular formula is C12H15N. The quantitative estimate of drug-likeness (QED) is 0.608. The van der Waals surface area contributed by atoms with Crippen molar-refractivity contribution in [2.45, 2.75) is 20.8 Å². The van der Waals surface area contributed by atoms with Crippen molar-refractivity contribution < 1.29 is 0 Å². The van der Waals surface area contributed by atoms with Crippen LogP contribution in [0.25, 0.3) is 0 Å². The second-order valence-electron chi connectivity index (χ2n) is 3.07. The topological polar surface area (TPSA) is 12.4 Å². The van der Waals surface area contributed by atoms with Crippen molar-refractivity contribution in [3.05, 3.63) is 47.7 Å². The van der Waals surface area contributed by atoms with Crippen molar-refractivity contribution in [1.82, 2.24) is 0 Å². The van der Waals surface area contributed by atoms with Gasteiger partial charge in [0.25, 0.3) is 0 Å². The van der Waals surface area contributed by atoms with Crippen molar-refractivity contribution in [3.8, 4) is 0 Å². The Labute approximate surface area is 79.8 Å². The van der Waals surface area contributed by atoms with Crippen LogP contribution < -0.4 is 0 Å². The van der Waals surface area contributed by atoms with Crippen molar-refractivity contribution in [3.63, 3.8) is 0 Å². The Bertz CT molecular complexity index is 335. The second kappa shape index (κ2) is 4.61. The van der Waals surface area contributed by atoms with E-state index in [1.165, 1.54) is 11.1 Å².